The summed E-state index contributed by atoms with van der Waals surface area (Å²) in [5.74, 6) is 0. The van der Waals surface area contributed by atoms with Crippen LogP contribution >= 0.6 is 23.8 Å². The SMILES string of the molecule is Cc1cccc(N2C(=S)N[C@@H](c3ccccn3)[C@@H]2c2cc(C)n(-c3cccc(Cl)c3)c2C)c1. The molecule has 4 aromatic rings. The Bertz CT molecular complexity index is 1330. The second kappa shape index (κ2) is 8.65. The van der Waals surface area contributed by atoms with Crippen LogP contribution in [0.25, 0.3) is 5.69 Å². The van der Waals surface area contributed by atoms with Gasteiger partial charge >= 0.3 is 0 Å². The van der Waals surface area contributed by atoms with Crippen molar-refractivity contribution in [3.8, 4) is 5.69 Å². The van der Waals surface area contributed by atoms with E-state index in [0.717, 1.165) is 33.5 Å². The summed E-state index contributed by atoms with van der Waals surface area (Å²) in [6, 6.07) is 24.6. The number of aromatic nitrogens is 2. The van der Waals surface area contributed by atoms with Crippen molar-refractivity contribution < 1.29 is 0 Å². The topological polar surface area (TPSA) is 33.1 Å². The van der Waals surface area contributed by atoms with Gasteiger partial charge in [0.2, 0.25) is 0 Å². The zero-order valence-corrected chi connectivity index (χ0v) is 20.4. The number of thiocarbonyl (C=S) groups is 1. The average Bonchev–Trinajstić information content (AvgIpc) is 3.29. The molecule has 2 aromatic carbocycles. The molecule has 1 aliphatic heterocycles. The van der Waals surface area contributed by atoms with Gasteiger partial charge in [0.1, 0.15) is 0 Å². The maximum Gasteiger partial charge on any atom is 0.174 e. The lowest BCUT2D eigenvalue weighted by atomic mass is 9.96. The number of rotatable bonds is 4. The van der Waals surface area contributed by atoms with E-state index in [2.05, 4.69) is 83.0 Å². The van der Waals surface area contributed by atoms with Crippen molar-refractivity contribution in [2.75, 3.05) is 4.90 Å². The van der Waals surface area contributed by atoms with E-state index < -0.39 is 0 Å². The van der Waals surface area contributed by atoms with Crippen LogP contribution in [-0.4, -0.2) is 14.7 Å². The van der Waals surface area contributed by atoms with Crippen molar-refractivity contribution >= 4 is 34.6 Å². The van der Waals surface area contributed by atoms with E-state index in [1.165, 1.54) is 11.1 Å². The molecular weight excluding hydrogens is 448 g/mol. The lowest BCUT2D eigenvalue weighted by Gasteiger charge is -2.28. The normalized spacial score (nSPS) is 17.9. The molecule has 1 aliphatic rings. The van der Waals surface area contributed by atoms with Gasteiger partial charge in [0, 0.05) is 34.0 Å². The summed E-state index contributed by atoms with van der Waals surface area (Å²) < 4.78 is 2.26. The van der Waals surface area contributed by atoms with Crippen LogP contribution in [0.4, 0.5) is 5.69 Å². The number of halogens is 1. The van der Waals surface area contributed by atoms with Crippen LogP contribution < -0.4 is 10.2 Å². The quantitative estimate of drug-likeness (QED) is 0.338. The fraction of sp³-hybridized carbons (Fsp3) is 0.185. The lowest BCUT2D eigenvalue weighted by Crippen LogP contribution is -2.29. The minimum Gasteiger partial charge on any atom is -0.351 e. The third kappa shape index (κ3) is 3.92. The van der Waals surface area contributed by atoms with Crippen LogP contribution in [0.15, 0.2) is 79.0 Å². The standard InChI is InChI=1S/C27H25ClN4S/c1-17-8-6-10-21(14-17)32-26(25(30-27(32)33)24-12-4-5-13-29-24)23-15-18(2)31(19(23)3)22-11-7-9-20(28)16-22/h4-16,25-26H,1-3H3,(H,30,33)/t25-,26-/m0/s1. The fourth-order valence-electron chi connectivity index (χ4n) is 4.83. The highest BCUT2D eigenvalue weighted by Crippen LogP contribution is 2.43. The predicted molar refractivity (Wildman–Crippen MR) is 139 cm³/mol. The summed E-state index contributed by atoms with van der Waals surface area (Å²) in [6.45, 7) is 6.39. The molecule has 166 valence electrons. The molecule has 33 heavy (non-hydrogen) atoms. The van der Waals surface area contributed by atoms with Crippen LogP contribution in [0.5, 0.6) is 0 Å². The zero-order valence-electron chi connectivity index (χ0n) is 18.8. The Kier molecular flexibility index (Phi) is 5.69. The molecule has 0 aliphatic carbocycles. The van der Waals surface area contributed by atoms with E-state index in [-0.39, 0.29) is 12.1 Å². The van der Waals surface area contributed by atoms with E-state index >= 15 is 0 Å². The highest BCUT2D eigenvalue weighted by Gasteiger charge is 2.42. The lowest BCUT2D eigenvalue weighted by molar-refractivity contribution is 0.565. The average molecular weight is 473 g/mol. The molecule has 0 unspecified atom stereocenters. The Balaban J connectivity index is 1.69. The van der Waals surface area contributed by atoms with Gasteiger partial charge in [0.05, 0.1) is 17.8 Å². The molecule has 0 radical (unpaired) electrons. The van der Waals surface area contributed by atoms with E-state index in [9.17, 15) is 0 Å². The van der Waals surface area contributed by atoms with Crippen molar-refractivity contribution in [2.24, 2.45) is 0 Å². The number of hydrogen-bond acceptors (Lipinski definition) is 2. The van der Waals surface area contributed by atoms with Crippen molar-refractivity contribution in [3.05, 3.63) is 112 Å². The van der Waals surface area contributed by atoms with Gasteiger partial charge in [0.25, 0.3) is 0 Å². The Morgan fingerprint density at radius 3 is 2.42 bits per heavy atom. The van der Waals surface area contributed by atoms with Gasteiger partial charge in [-0.15, -0.1) is 0 Å². The third-order valence-electron chi connectivity index (χ3n) is 6.23. The van der Waals surface area contributed by atoms with Crippen molar-refractivity contribution in [1.82, 2.24) is 14.9 Å². The Morgan fingerprint density at radius 1 is 0.909 bits per heavy atom. The number of hydrogen-bond donors (Lipinski definition) is 1. The number of benzene rings is 2. The molecule has 2 aromatic heterocycles. The number of nitrogens with one attached hydrogen (secondary N) is 1. The summed E-state index contributed by atoms with van der Waals surface area (Å²) in [5.41, 5.74) is 7.79. The summed E-state index contributed by atoms with van der Waals surface area (Å²) in [4.78, 5) is 6.90. The first kappa shape index (κ1) is 21.7. The van der Waals surface area contributed by atoms with Crippen molar-refractivity contribution in [1.29, 1.82) is 0 Å². The molecule has 0 bridgehead atoms. The highest BCUT2D eigenvalue weighted by atomic mass is 35.5. The molecular formula is C27H25ClN4S. The van der Waals surface area contributed by atoms with E-state index in [1.54, 1.807) is 0 Å². The molecule has 0 spiro atoms. The summed E-state index contributed by atoms with van der Waals surface area (Å²) in [5, 5.41) is 4.98. The number of anilines is 1. The summed E-state index contributed by atoms with van der Waals surface area (Å²) in [7, 11) is 0. The molecule has 0 amide bonds. The second-order valence-corrected chi connectivity index (χ2v) is 9.30. The minimum absolute atomic E-state index is 0.0478. The second-order valence-electron chi connectivity index (χ2n) is 8.48. The van der Waals surface area contributed by atoms with Gasteiger partial charge in [-0.3, -0.25) is 4.98 Å². The van der Waals surface area contributed by atoms with Gasteiger partial charge in [0.15, 0.2) is 5.11 Å². The molecule has 6 heteroatoms. The molecule has 2 atom stereocenters. The van der Waals surface area contributed by atoms with Crippen LogP contribution in [0.1, 0.15) is 40.3 Å². The van der Waals surface area contributed by atoms with Gasteiger partial charge in [-0.25, -0.2) is 0 Å². The van der Waals surface area contributed by atoms with Gasteiger partial charge in [-0.1, -0.05) is 35.9 Å². The Labute approximate surface area is 204 Å². The van der Waals surface area contributed by atoms with Crippen LogP contribution in [0, 0.1) is 20.8 Å². The highest BCUT2D eigenvalue weighted by molar-refractivity contribution is 7.80. The third-order valence-corrected chi connectivity index (χ3v) is 6.78. The first-order valence-corrected chi connectivity index (χ1v) is 11.7. The van der Waals surface area contributed by atoms with Crippen molar-refractivity contribution in [2.45, 2.75) is 32.9 Å². The molecule has 1 fully saturated rings. The molecule has 1 saturated heterocycles. The first-order valence-electron chi connectivity index (χ1n) is 11.0. The van der Waals surface area contributed by atoms with Gasteiger partial charge in [-0.2, -0.15) is 0 Å². The van der Waals surface area contributed by atoms with Gasteiger partial charge in [-0.05, 0) is 92.6 Å². The summed E-state index contributed by atoms with van der Waals surface area (Å²) in [6.07, 6.45) is 1.84. The molecule has 1 N–H and O–H groups in total. The van der Waals surface area contributed by atoms with Crippen LogP contribution in [-0.2, 0) is 0 Å². The minimum atomic E-state index is -0.0764. The van der Waals surface area contributed by atoms with E-state index in [1.807, 2.05) is 36.5 Å². The Morgan fingerprint density at radius 2 is 1.70 bits per heavy atom. The molecule has 4 nitrogen and oxygen atoms in total. The zero-order chi connectivity index (χ0) is 23.1. The Hall–Kier alpha value is -3.15. The van der Waals surface area contributed by atoms with Gasteiger partial charge < -0.3 is 14.8 Å². The predicted octanol–water partition coefficient (Wildman–Crippen LogP) is 6.63. The monoisotopic (exact) mass is 472 g/mol. The maximum absolute atomic E-state index is 6.32. The van der Waals surface area contributed by atoms with E-state index in [4.69, 9.17) is 23.8 Å². The summed E-state index contributed by atoms with van der Waals surface area (Å²) >= 11 is 12.2. The molecule has 5 rings (SSSR count). The maximum atomic E-state index is 6.32. The van der Waals surface area contributed by atoms with Crippen molar-refractivity contribution in [3.63, 3.8) is 0 Å². The largest absolute Gasteiger partial charge is 0.351 e. The first-order chi connectivity index (χ1) is 15.9. The number of pyridine rings is 1. The fourth-order valence-corrected chi connectivity index (χ4v) is 5.36. The van der Waals surface area contributed by atoms with Crippen LogP contribution in [0.2, 0.25) is 5.02 Å². The number of nitrogens with zero attached hydrogens (tertiary/aromatic N) is 3. The number of aryl methyl sites for hydroxylation is 2. The smallest absolute Gasteiger partial charge is 0.174 e. The molecule has 3 heterocycles. The van der Waals surface area contributed by atoms with E-state index in [0.29, 0.717) is 5.11 Å². The molecule has 0 saturated carbocycles. The van der Waals surface area contributed by atoms with Crippen LogP contribution in [0.3, 0.4) is 0 Å².